The van der Waals surface area contributed by atoms with Gasteiger partial charge in [0.1, 0.15) is 5.58 Å². The zero-order valence-corrected chi connectivity index (χ0v) is 16.9. The minimum atomic E-state index is -1.24. The Morgan fingerprint density at radius 1 is 1.07 bits per heavy atom. The number of benzene rings is 2. The Morgan fingerprint density at radius 2 is 1.76 bits per heavy atom. The summed E-state index contributed by atoms with van der Waals surface area (Å²) < 4.78 is 22.2. The summed E-state index contributed by atoms with van der Waals surface area (Å²) in [5, 5.41) is 9.61. The van der Waals surface area contributed by atoms with Gasteiger partial charge in [-0.2, -0.15) is 0 Å². The van der Waals surface area contributed by atoms with Crippen LogP contribution >= 0.6 is 0 Å². The molecule has 0 amide bonds. The average molecular weight is 398 g/mol. The number of carboxylic acid groups (broad SMARTS) is 1. The number of aryl methyl sites for hydroxylation is 2. The highest BCUT2D eigenvalue weighted by Crippen LogP contribution is 2.37. The second-order valence-corrected chi connectivity index (χ2v) is 6.71. The van der Waals surface area contributed by atoms with Crippen LogP contribution in [0.1, 0.15) is 18.1 Å². The molecule has 1 aromatic heterocycles. The summed E-state index contributed by atoms with van der Waals surface area (Å²) in [5.74, 6) is -0.283. The highest BCUT2D eigenvalue weighted by molar-refractivity contribution is 5.86. The normalized spacial score (nSPS) is 11.9. The first-order valence-electron chi connectivity index (χ1n) is 8.96. The zero-order chi connectivity index (χ0) is 21.3. The van der Waals surface area contributed by atoms with Crippen LogP contribution in [0.2, 0.25) is 0 Å². The Hall–Kier alpha value is -3.48. The third kappa shape index (κ3) is 3.76. The molecule has 0 aliphatic carbocycles. The number of fused-ring (bicyclic) bond motifs is 1. The fourth-order valence-electron chi connectivity index (χ4n) is 3.17. The molecule has 29 heavy (non-hydrogen) atoms. The van der Waals surface area contributed by atoms with Crippen molar-refractivity contribution < 1.29 is 28.5 Å². The maximum absolute atomic E-state index is 13.3. The largest absolute Gasteiger partial charge is 0.493 e. The van der Waals surface area contributed by atoms with Crippen molar-refractivity contribution in [2.45, 2.75) is 26.9 Å². The van der Waals surface area contributed by atoms with Gasteiger partial charge in [0.25, 0.3) is 0 Å². The summed E-state index contributed by atoms with van der Waals surface area (Å²) in [6, 6.07) is 8.62. The van der Waals surface area contributed by atoms with Gasteiger partial charge in [0, 0.05) is 5.56 Å². The molecule has 1 heterocycles. The minimum Gasteiger partial charge on any atom is -0.493 e. The van der Waals surface area contributed by atoms with Crippen molar-refractivity contribution in [3.05, 3.63) is 51.7 Å². The first kappa shape index (κ1) is 20.3. The monoisotopic (exact) mass is 398 g/mol. The van der Waals surface area contributed by atoms with Gasteiger partial charge >= 0.3 is 5.97 Å². The lowest BCUT2D eigenvalue weighted by atomic mass is 10.0. The van der Waals surface area contributed by atoms with Gasteiger partial charge in [-0.3, -0.25) is 4.79 Å². The molecule has 0 saturated carbocycles. The number of carboxylic acids is 1. The van der Waals surface area contributed by atoms with Crippen LogP contribution in [0, 0.1) is 13.8 Å². The highest BCUT2D eigenvalue weighted by atomic mass is 16.5. The molecule has 0 spiro atoms. The third-order valence-electron chi connectivity index (χ3n) is 4.58. The SMILES string of the molecule is COc1ccc(-c2oc3cc(C)cc(C)c3c(=O)c2O[C@H](C)C(=O)O)cc1OC. The van der Waals surface area contributed by atoms with Crippen molar-refractivity contribution in [1.82, 2.24) is 0 Å². The van der Waals surface area contributed by atoms with E-state index in [2.05, 4.69) is 0 Å². The molecular weight excluding hydrogens is 376 g/mol. The van der Waals surface area contributed by atoms with Crippen LogP contribution in [0.5, 0.6) is 17.2 Å². The lowest BCUT2D eigenvalue weighted by molar-refractivity contribution is -0.144. The van der Waals surface area contributed by atoms with Crippen molar-refractivity contribution in [1.29, 1.82) is 0 Å². The fourth-order valence-corrected chi connectivity index (χ4v) is 3.17. The molecule has 0 unspecified atom stereocenters. The molecule has 7 nitrogen and oxygen atoms in total. The van der Waals surface area contributed by atoms with Gasteiger partial charge in [-0.1, -0.05) is 6.07 Å². The summed E-state index contributed by atoms with van der Waals surface area (Å²) >= 11 is 0. The van der Waals surface area contributed by atoms with Crippen molar-refractivity contribution in [3.8, 4) is 28.6 Å². The molecule has 3 aromatic rings. The molecule has 1 N–H and O–H groups in total. The van der Waals surface area contributed by atoms with Crippen LogP contribution in [0.15, 0.2) is 39.5 Å². The topological polar surface area (TPSA) is 95.2 Å². The van der Waals surface area contributed by atoms with E-state index in [4.69, 9.17) is 18.6 Å². The summed E-state index contributed by atoms with van der Waals surface area (Å²) in [5.41, 5.74) is 2.12. The van der Waals surface area contributed by atoms with Crippen molar-refractivity contribution in [2.75, 3.05) is 14.2 Å². The average Bonchev–Trinajstić information content (AvgIpc) is 2.68. The van der Waals surface area contributed by atoms with Crippen LogP contribution in [-0.4, -0.2) is 31.4 Å². The van der Waals surface area contributed by atoms with Crippen molar-refractivity contribution >= 4 is 16.9 Å². The molecule has 0 aliphatic rings. The number of aliphatic carboxylic acids is 1. The van der Waals surface area contributed by atoms with Gasteiger partial charge < -0.3 is 23.7 Å². The summed E-state index contributed by atoms with van der Waals surface area (Å²) in [4.78, 5) is 24.6. The highest BCUT2D eigenvalue weighted by Gasteiger charge is 2.24. The third-order valence-corrected chi connectivity index (χ3v) is 4.58. The van der Waals surface area contributed by atoms with Crippen LogP contribution in [0.4, 0.5) is 0 Å². The standard InChI is InChI=1S/C22H22O7/c1-11-8-12(2)18-17(9-11)29-20(21(19(18)23)28-13(3)22(24)25)14-6-7-15(26-4)16(10-14)27-5/h6-10,13H,1-5H3,(H,24,25)/t13-/m1/s1. The second kappa shape index (κ2) is 7.87. The molecular formula is C22H22O7. The van der Waals surface area contributed by atoms with Gasteiger partial charge in [0.2, 0.25) is 11.2 Å². The molecule has 152 valence electrons. The number of rotatable bonds is 6. The lowest BCUT2D eigenvalue weighted by Gasteiger charge is -2.16. The minimum absolute atomic E-state index is 0.126. The molecule has 0 bridgehead atoms. The lowest BCUT2D eigenvalue weighted by Crippen LogP contribution is -2.26. The summed E-state index contributed by atoms with van der Waals surface area (Å²) in [7, 11) is 3.01. The Labute approximate surface area is 167 Å². The molecule has 2 aromatic carbocycles. The number of hydrogen-bond donors (Lipinski definition) is 1. The predicted octanol–water partition coefficient (Wildman–Crippen LogP) is 3.95. The van der Waals surface area contributed by atoms with E-state index in [1.807, 2.05) is 13.0 Å². The summed E-state index contributed by atoms with van der Waals surface area (Å²) in [6.45, 7) is 5.05. The zero-order valence-electron chi connectivity index (χ0n) is 16.9. The van der Waals surface area contributed by atoms with E-state index in [9.17, 15) is 14.7 Å². The molecule has 0 aliphatic heterocycles. The Morgan fingerprint density at radius 3 is 2.38 bits per heavy atom. The van der Waals surface area contributed by atoms with Gasteiger partial charge in [0.05, 0.1) is 19.6 Å². The van der Waals surface area contributed by atoms with Crippen LogP contribution < -0.4 is 19.6 Å². The second-order valence-electron chi connectivity index (χ2n) is 6.71. The van der Waals surface area contributed by atoms with E-state index in [-0.39, 0.29) is 11.5 Å². The van der Waals surface area contributed by atoms with E-state index in [1.165, 1.54) is 21.1 Å². The van der Waals surface area contributed by atoms with Crippen LogP contribution in [0.3, 0.4) is 0 Å². The van der Waals surface area contributed by atoms with E-state index >= 15 is 0 Å². The first-order chi connectivity index (χ1) is 13.8. The maximum Gasteiger partial charge on any atom is 0.344 e. The molecule has 0 fully saturated rings. The number of carbonyl (C=O) groups is 1. The first-order valence-corrected chi connectivity index (χ1v) is 8.96. The molecule has 3 rings (SSSR count). The number of hydrogen-bond acceptors (Lipinski definition) is 6. The molecule has 0 saturated heterocycles. The predicted molar refractivity (Wildman–Crippen MR) is 108 cm³/mol. The van der Waals surface area contributed by atoms with Crippen LogP contribution in [0.25, 0.3) is 22.3 Å². The Kier molecular flexibility index (Phi) is 5.50. The van der Waals surface area contributed by atoms with Crippen molar-refractivity contribution in [2.24, 2.45) is 0 Å². The maximum atomic E-state index is 13.3. The smallest absolute Gasteiger partial charge is 0.344 e. The van der Waals surface area contributed by atoms with Crippen LogP contribution in [-0.2, 0) is 4.79 Å². The fraction of sp³-hybridized carbons (Fsp3) is 0.273. The molecule has 1 atom stereocenters. The Balaban J connectivity index is 2.34. The van der Waals surface area contributed by atoms with E-state index in [0.29, 0.717) is 28.0 Å². The van der Waals surface area contributed by atoms with Gasteiger partial charge in [-0.05, 0) is 56.2 Å². The van der Waals surface area contributed by atoms with Crippen molar-refractivity contribution in [3.63, 3.8) is 0 Å². The molecule has 0 radical (unpaired) electrons. The number of ether oxygens (including phenoxy) is 3. The van der Waals surface area contributed by atoms with E-state index in [0.717, 1.165) is 11.1 Å². The molecule has 7 heteroatoms. The number of methoxy groups -OCH3 is 2. The van der Waals surface area contributed by atoms with E-state index < -0.39 is 17.5 Å². The van der Waals surface area contributed by atoms with Gasteiger partial charge in [-0.25, -0.2) is 4.79 Å². The Bertz CT molecular complexity index is 1140. The quantitative estimate of drug-likeness (QED) is 0.672. The summed E-state index contributed by atoms with van der Waals surface area (Å²) in [6.07, 6.45) is -1.24. The van der Waals surface area contributed by atoms with Gasteiger partial charge in [0.15, 0.2) is 23.4 Å². The van der Waals surface area contributed by atoms with Gasteiger partial charge in [-0.15, -0.1) is 0 Å². The van der Waals surface area contributed by atoms with E-state index in [1.54, 1.807) is 31.2 Å².